The number of rotatable bonds is 8. The van der Waals surface area contributed by atoms with Crippen LogP contribution in [0.4, 0.5) is 5.69 Å². The second-order valence-electron chi connectivity index (χ2n) is 6.62. The van der Waals surface area contributed by atoms with Crippen molar-refractivity contribution in [2.24, 2.45) is 0 Å². The Morgan fingerprint density at radius 1 is 1.11 bits per heavy atom. The Hall–Kier alpha value is -1.90. The Kier molecular flexibility index (Phi) is 7.02. The molecule has 2 aromatic rings. The molecule has 27 heavy (non-hydrogen) atoms. The standard InChI is InChI=1S/C19H27N3O3S2/c1-6-22(14(2)3)16-9-7-15(8-10-16)19(23)20-13-17-11-12-18(26-17)27(24,25)21(4)5/h7-12,14H,6,13H2,1-5H3,(H,20,23). The molecule has 8 heteroatoms. The van der Waals surface area contributed by atoms with Crippen molar-refractivity contribution in [3.05, 3.63) is 46.8 Å². The van der Waals surface area contributed by atoms with Crippen LogP contribution in [0.15, 0.2) is 40.6 Å². The van der Waals surface area contributed by atoms with Crippen LogP contribution in [-0.4, -0.2) is 45.3 Å². The number of carbonyl (C=O) groups excluding carboxylic acids is 1. The molecule has 0 bridgehead atoms. The summed E-state index contributed by atoms with van der Waals surface area (Å²) in [4.78, 5) is 15.4. The zero-order valence-corrected chi connectivity index (χ0v) is 18.0. The Morgan fingerprint density at radius 3 is 2.26 bits per heavy atom. The molecule has 6 nitrogen and oxygen atoms in total. The molecule has 0 spiro atoms. The lowest BCUT2D eigenvalue weighted by Crippen LogP contribution is -2.30. The van der Waals surface area contributed by atoms with E-state index < -0.39 is 10.0 Å². The van der Waals surface area contributed by atoms with Crippen LogP contribution in [0.25, 0.3) is 0 Å². The molecule has 0 aliphatic rings. The van der Waals surface area contributed by atoms with Gasteiger partial charge in [0, 0.05) is 42.8 Å². The summed E-state index contributed by atoms with van der Waals surface area (Å²) in [5.41, 5.74) is 1.66. The molecule has 0 saturated heterocycles. The normalized spacial score (nSPS) is 11.8. The Morgan fingerprint density at radius 2 is 1.74 bits per heavy atom. The molecular weight excluding hydrogens is 382 g/mol. The minimum Gasteiger partial charge on any atom is -0.369 e. The van der Waals surface area contributed by atoms with Crippen molar-refractivity contribution in [3.8, 4) is 0 Å². The van der Waals surface area contributed by atoms with E-state index in [-0.39, 0.29) is 10.1 Å². The fourth-order valence-electron chi connectivity index (χ4n) is 2.69. The maximum atomic E-state index is 12.4. The first-order valence-electron chi connectivity index (χ1n) is 8.83. The quantitative estimate of drug-likeness (QED) is 0.727. The summed E-state index contributed by atoms with van der Waals surface area (Å²) in [5, 5.41) is 2.84. The van der Waals surface area contributed by atoms with Crippen molar-refractivity contribution in [1.29, 1.82) is 0 Å². The fraction of sp³-hybridized carbons (Fsp3) is 0.421. The number of benzene rings is 1. The molecule has 0 aliphatic carbocycles. The van der Waals surface area contributed by atoms with Crippen LogP contribution in [-0.2, 0) is 16.6 Å². The van der Waals surface area contributed by atoms with E-state index in [9.17, 15) is 13.2 Å². The number of hydrogen-bond donors (Lipinski definition) is 1. The molecule has 0 radical (unpaired) electrons. The fourth-order valence-corrected chi connectivity index (χ4v) is 5.16. The third-order valence-electron chi connectivity index (χ3n) is 4.22. The van der Waals surface area contributed by atoms with Gasteiger partial charge in [0.05, 0.1) is 6.54 Å². The first-order valence-corrected chi connectivity index (χ1v) is 11.1. The number of nitrogens with one attached hydrogen (secondary N) is 1. The average Bonchev–Trinajstić information content (AvgIpc) is 3.10. The second-order valence-corrected chi connectivity index (χ2v) is 10.2. The van der Waals surface area contributed by atoms with Gasteiger partial charge in [-0.25, -0.2) is 12.7 Å². The maximum Gasteiger partial charge on any atom is 0.252 e. The third-order valence-corrected chi connectivity index (χ3v) is 7.59. The van der Waals surface area contributed by atoms with Crippen LogP contribution in [0.2, 0.25) is 0 Å². The molecular formula is C19H27N3O3S2. The van der Waals surface area contributed by atoms with Gasteiger partial charge in [-0.3, -0.25) is 4.79 Å². The van der Waals surface area contributed by atoms with E-state index in [1.165, 1.54) is 29.7 Å². The van der Waals surface area contributed by atoms with Gasteiger partial charge in [-0.15, -0.1) is 11.3 Å². The number of amides is 1. The number of carbonyl (C=O) groups is 1. The van der Waals surface area contributed by atoms with Gasteiger partial charge in [-0.1, -0.05) is 0 Å². The van der Waals surface area contributed by atoms with Crippen molar-refractivity contribution in [2.45, 2.75) is 37.6 Å². The molecule has 1 aromatic carbocycles. The summed E-state index contributed by atoms with van der Waals surface area (Å²) in [6.45, 7) is 7.57. The predicted octanol–water partition coefficient (Wildman–Crippen LogP) is 3.16. The van der Waals surface area contributed by atoms with Crippen molar-refractivity contribution in [1.82, 2.24) is 9.62 Å². The molecule has 1 aromatic heterocycles. The lowest BCUT2D eigenvalue weighted by atomic mass is 10.1. The molecule has 0 atom stereocenters. The van der Waals surface area contributed by atoms with Crippen molar-refractivity contribution >= 4 is 33.0 Å². The summed E-state index contributed by atoms with van der Waals surface area (Å²) in [5.74, 6) is -0.181. The highest BCUT2D eigenvalue weighted by molar-refractivity contribution is 7.91. The first-order chi connectivity index (χ1) is 12.7. The molecule has 2 rings (SSSR count). The maximum absolute atomic E-state index is 12.4. The zero-order valence-electron chi connectivity index (χ0n) is 16.4. The Bertz CT molecular complexity index is 872. The largest absolute Gasteiger partial charge is 0.369 e. The summed E-state index contributed by atoms with van der Waals surface area (Å²) in [6.07, 6.45) is 0. The SMILES string of the molecule is CCN(c1ccc(C(=O)NCc2ccc(S(=O)(=O)N(C)C)s2)cc1)C(C)C. The minimum atomic E-state index is -3.43. The van der Waals surface area contributed by atoms with Crippen LogP contribution in [0, 0.1) is 0 Å². The summed E-state index contributed by atoms with van der Waals surface area (Å²) >= 11 is 1.17. The van der Waals surface area contributed by atoms with Gasteiger partial charge < -0.3 is 10.2 Å². The van der Waals surface area contributed by atoms with Gasteiger partial charge in [0.2, 0.25) is 0 Å². The number of anilines is 1. The smallest absolute Gasteiger partial charge is 0.252 e. The average molecular weight is 410 g/mol. The lowest BCUT2D eigenvalue weighted by molar-refractivity contribution is 0.0951. The van der Waals surface area contributed by atoms with E-state index in [1.807, 2.05) is 24.3 Å². The van der Waals surface area contributed by atoms with E-state index in [0.717, 1.165) is 17.1 Å². The van der Waals surface area contributed by atoms with Crippen molar-refractivity contribution < 1.29 is 13.2 Å². The number of sulfonamides is 1. The van der Waals surface area contributed by atoms with Crippen LogP contribution >= 0.6 is 11.3 Å². The topological polar surface area (TPSA) is 69.7 Å². The summed E-state index contributed by atoms with van der Waals surface area (Å²) < 4.78 is 25.7. The highest BCUT2D eigenvalue weighted by atomic mass is 32.2. The second kappa shape index (κ2) is 8.86. The summed E-state index contributed by atoms with van der Waals surface area (Å²) in [6, 6.07) is 11.2. The molecule has 0 unspecified atom stereocenters. The van der Waals surface area contributed by atoms with Gasteiger partial charge in [0.1, 0.15) is 4.21 Å². The zero-order chi connectivity index (χ0) is 20.2. The van der Waals surface area contributed by atoms with E-state index in [4.69, 9.17) is 0 Å². The van der Waals surface area contributed by atoms with Crippen molar-refractivity contribution in [2.75, 3.05) is 25.5 Å². The van der Waals surface area contributed by atoms with Crippen molar-refractivity contribution in [3.63, 3.8) is 0 Å². The number of thiophene rings is 1. The van der Waals surface area contributed by atoms with Gasteiger partial charge >= 0.3 is 0 Å². The molecule has 0 saturated carbocycles. The van der Waals surface area contributed by atoms with Crippen LogP contribution in [0.3, 0.4) is 0 Å². The number of hydrogen-bond acceptors (Lipinski definition) is 5. The molecule has 148 valence electrons. The van der Waals surface area contributed by atoms with Gasteiger partial charge in [0.15, 0.2) is 0 Å². The lowest BCUT2D eigenvalue weighted by Gasteiger charge is -2.27. The molecule has 0 fully saturated rings. The molecule has 1 N–H and O–H groups in total. The van der Waals surface area contributed by atoms with E-state index in [1.54, 1.807) is 12.1 Å². The molecule has 0 aliphatic heterocycles. The van der Waals surface area contributed by atoms with E-state index in [0.29, 0.717) is 18.2 Å². The predicted molar refractivity (Wildman–Crippen MR) is 111 cm³/mol. The van der Waals surface area contributed by atoms with E-state index in [2.05, 4.69) is 31.0 Å². The van der Waals surface area contributed by atoms with Crippen LogP contribution in [0.5, 0.6) is 0 Å². The highest BCUT2D eigenvalue weighted by Gasteiger charge is 2.19. The van der Waals surface area contributed by atoms with Gasteiger partial charge in [-0.2, -0.15) is 0 Å². The molecule has 1 amide bonds. The summed E-state index contributed by atoms with van der Waals surface area (Å²) in [7, 11) is -0.437. The highest BCUT2D eigenvalue weighted by Crippen LogP contribution is 2.24. The van der Waals surface area contributed by atoms with Crippen LogP contribution < -0.4 is 10.2 Å². The van der Waals surface area contributed by atoms with E-state index >= 15 is 0 Å². The van der Waals surface area contributed by atoms with Crippen LogP contribution in [0.1, 0.15) is 36.0 Å². The first kappa shape index (κ1) is 21.4. The Labute approximate surface area is 165 Å². The monoisotopic (exact) mass is 409 g/mol. The molecule has 1 heterocycles. The third kappa shape index (κ3) is 5.09. The van der Waals surface area contributed by atoms with Gasteiger partial charge in [0.25, 0.3) is 15.9 Å². The Balaban J connectivity index is 2.01. The van der Waals surface area contributed by atoms with Gasteiger partial charge in [-0.05, 0) is 57.2 Å². The minimum absolute atomic E-state index is 0.181. The number of nitrogens with zero attached hydrogens (tertiary/aromatic N) is 2.